The number of fused-ring (bicyclic) bond motifs is 1. The van der Waals surface area contributed by atoms with Gasteiger partial charge in [0.2, 0.25) is 0 Å². The average Bonchev–Trinajstić information content (AvgIpc) is 3.33. The Kier molecular flexibility index (Phi) is 4.05. The Hall–Kier alpha value is -1.86. The third-order valence-electron chi connectivity index (χ3n) is 4.06. The van der Waals surface area contributed by atoms with E-state index in [1.165, 1.54) is 12.8 Å². The molecule has 0 radical (unpaired) electrons. The lowest BCUT2D eigenvalue weighted by molar-refractivity contribution is 0.643. The van der Waals surface area contributed by atoms with Gasteiger partial charge in [0.15, 0.2) is 5.16 Å². The highest BCUT2D eigenvalue weighted by atomic mass is 35.5. The molecule has 0 aliphatic heterocycles. The fourth-order valence-corrected chi connectivity index (χ4v) is 3.76. The smallest absolute Gasteiger partial charge is 0.258 e. The van der Waals surface area contributed by atoms with Crippen molar-refractivity contribution in [3.8, 4) is 0 Å². The van der Waals surface area contributed by atoms with Gasteiger partial charge in [-0.2, -0.15) is 0 Å². The molecule has 0 bridgehead atoms. The van der Waals surface area contributed by atoms with Crippen molar-refractivity contribution in [2.24, 2.45) is 0 Å². The molecule has 0 saturated heterocycles. The SMILES string of the molecule is CCn1c(SCc2nc3ccc(Cl)cc3c(=O)[nH]2)nnc1C1CC1. The molecule has 1 aromatic carbocycles. The van der Waals surface area contributed by atoms with Crippen molar-refractivity contribution in [3.05, 3.63) is 45.2 Å². The molecule has 3 aromatic rings. The monoisotopic (exact) mass is 361 g/mol. The van der Waals surface area contributed by atoms with Crippen molar-refractivity contribution in [1.29, 1.82) is 0 Å². The minimum atomic E-state index is -0.172. The van der Waals surface area contributed by atoms with Crippen LogP contribution in [0, 0.1) is 0 Å². The van der Waals surface area contributed by atoms with Crippen molar-refractivity contribution in [2.45, 2.75) is 43.1 Å². The topological polar surface area (TPSA) is 76.5 Å². The van der Waals surface area contributed by atoms with E-state index in [0.717, 1.165) is 17.5 Å². The average molecular weight is 362 g/mol. The maximum absolute atomic E-state index is 12.2. The summed E-state index contributed by atoms with van der Waals surface area (Å²) in [6.07, 6.45) is 2.40. The predicted octanol–water partition coefficient (Wildman–Crippen LogP) is 3.36. The van der Waals surface area contributed by atoms with Crippen molar-refractivity contribution in [3.63, 3.8) is 0 Å². The first-order valence-corrected chi connectivity index (χ1v) is 9.26. The minimum absolute atomic E-state index is 0.172. The van der Waals surface area contributed by atoms with Crippen LogP contribution in [0.5, 0.6) is 0 Å². The summed E-state index contributed by atoms with van der Waals surface area (Å²) in [6.45, 7) is 2.94. The zero-order chi connectivity index (χ0) is 16.7. The molecule has 1 saturated carbocycles. The normalized spacial score (nSPS) is 14.4. The van der Waals surface area contributed by atoms with Crippen LogP contribution in [0.3, 0.4) is 0 Å². The molecule has 1 aliphatic carbocycles. The summed E-state index contributed by atoms with van der Waals surface area (Å²) in [5, 5.41) is 10.5. The van der Waals surface area contributed by atoms with Crippen molar-refractivity contribution in [1.82, 2.24) is 24.7 Å². The Morgan fingerprint density at radius 3 is 2.96 bits per heavy atom. The van der Waals surface area contributed by atoms with E-state index < -0.39 is 0 Å². The van der Waals surface area contributed by atoms with Gasteiger partial charge in [-0.05, 0) is 38.0 Å². The molecule has 0 unspecified atom stereocenters. The first-order valence-electron chi connectivity index (χ1n) is 7.90. The fourth-order valence-electron chi connectivity index (χ4n) is 2.71. The molecule has 124 valence electrons. The van der Waals surface area contributed by atoms with Gasteiger partial charge in [-0.25, -0.2) is 4.98 Å². The number of thioether (sulfide) groups is 1. The second kappa shape index (κ2) is 6.22. The van der Waals surface area contributed by atoms with E-state index in [1.807, 2.05) is 0 Å². The van der Waals surface area contributed by atoms with Crippen molar-refractivity contribution in [2.75, 3.05) is 0 Å². The number of aromatic amines is 1. The van der Waals surface area contributed by atoms with Crippen LogP contribution in [0.1, 0.15) is 37.3 Å². The van der Waals surface area contributed by atoms with Crippen LogP contribution in [0.2, 0.25) is 5.02 Å². The highest BCUT2D eigenvalue weighted by Crippen LogP contribution is 2.40. The Morgan fingerprint density at radius 1 is 1.38 bits per heavy atom. The second-order valence-corrected chi connectivity index (χ2v) is 7.20. The number of benzene rings is 1. The number of hydrogen-bond acceptors (Lipinski definition) is 5. The number of halogens is 1. The molecule has 4 rings (SSSR count). The first kappa shape index (κ1) is 15.7. The number of rotatable bonds is 5. The quantitative estimate of drug-likeness (QED) is 0.705. The number of nitrogens with zero attached hydrogens (tertiary/aromatic N) is 4. The van der Waals surface area contributed by atoms with E-state index in [0.29, 0.717) is 33.4 Å². The van der Waals surface area contributed by atoms with Gasteiger partial charge in [0.25, 0.3) is 5.56 Å². The molecule has 0 amide bonds. The number of nitrogens with one attached hydrogen (secondary N) is 1. The van der Waals surface area contributed by atoms with Gasteiger partial charge >= 0.3 is 0 Å². The fraction of sp³-hybridized carbons (Fsp3) is 0.375. The second-order valence-electron chi connectivity index (χ2n) is 5.82. The molecular formula is C16H16ClN5OS. The van der Waals surface area contributed by atoms with Gasteiger partial charge < -0.3 is 9.55 Å². The summed E-state index contributed by atoms with van der Waals surface area (Å²) in [5.74, 6) is 2.81. The molecule has 1 fully saturated rings. The van der Waals surface area contributed by atoms with E-state index in [4.69, 9.17) is 11.6 Å². The molecule has 8 heteroatoms. The minimum Gasteiger partial charge on any atom is -0.309 e. The maximum atomic E-state index is 12.2. The summed E-state index contributed by atoms with van der Waals surface area (Å²) in [7, 11) is 0. The molecule has 24 heavy (non-hydrogen) atoms. The zero-order valence-electron chi connectivity index (χ0n) is 13.1. The maximum Gasteiger partial charge on any atom is 0.258 e. The van der Waals surface area contributed by atoms with E-state index in [2.05, 4.69) is 31.7 Å². The molecule has 2 heterocycles. The Bertz CT molecular complexity index is 963. The van der Waals surface area contributed by atoms with Gasteiger partial charge in [0.1, 0.15) is 11.6 Å². The number of H-pyrrole nitrogens is 1. The van der Waals surface area contributed by atoms with Crippen LogP contribution < -0.4 is 5.56 Å². The van der Waals surface area contributed by atoms with Gasteiger partial charge in [-0.3, -0.25) is 4.79 Å². The molecule has 0 spiro atoms. The van der Waals surface area contributed by atoms with Crippen LogP contribution in [0.25, 0.3) is 10.9 Å². The molecule has 1 aliphatic rings. The summed E-state index contributed by atoms with van der Waals surface area (Å²) >= 11 is 7.48. The third-order valence-corrected chi connectivity index (χ3v) is 5.27. The molecule has 2 aromatic heterocycles. The van der Waals surface area contributed by atoms with Crippen LogP contribution >= 0.6 is 23.4 Å². The molecular weight excluding hydrogens is 346 g/mol. The highest BCUT2D eigenvalue weighted by Gasteiger charge is 2.29. The van der Waals surface area contributed by atoms with E-state index in [9.17, 15) is 4.79 Å². The summed E-state index contributed by atoms with van der Waals surface area (Å²) < 4.78 is 2.15. The lowest BCUT2D eigenvalue weighted by Gasteiger charge is -2.06. The molecule has 0 atom stereocenters. The predicted molar refractivity (Wildman–Crippen MR) is 94.6 cm³/mol. The van der Waals surface area contributed by atoms with Gasteiger partial charge in [-0.15, -0.1) is 10.2 Å². The van der Waals surface area contributed by atoms with Crippen LogP contribution in [-0.4, -0.2) is 24.7 Å². The Labute approximate surface area is 147 Å². The Morgan fingerprint density at radius 2 is 2.21 bits per heavy atom. The van der Waals surface area contributed by atoms with Crippen molar-refractivity contribution < 1.29 is 0 Å². The molecule has 1 N–H and O–H groups in total. The van der Waals surface area contributed by atoms with Crippen molar-refractivity contribution >= 4 is 34.3 Å². The molecule has 6 nitrogen and oxygen atoms in total. The van der Waals surface area contributed by atoms with Gasteiger partial charge in [-0.1, -0.05) is 23.4 Å². The van der Waals surface area contributed by atoms with Gasteiger partial charge in [0.05, 0.1) is 16.7 Å². The summed E-state index contributed by atoms with van der Waals surface area (Å²) in [6, 6.07) is 5.14. The lowest BCUT2D eigenvalue weighted by Crippen LogP contribution is -2.11. The van der Waals surface area contributed by atoms with E-state index in [-0.39, 0.29) is 5.56 Å². The van der Waals surface area contributed by atoms with E-state index >= 15 is 0 Å². The largest absolute Gasteiger partial charge is 0.309 e. The summed E-state index contributed by atoms with van der Waals surface area (Å²) in [4.78, 5) is 19.5. The number of hydrogen-bond donors (Lipinski definition) is 1. The van der Waals surface area contributed by atoms with Crippen LogP contribution in [0.15, 0.2) is 28.2 Å². The third kappa shape index (κ3) is 2.93. The summed E-state index contributed by atoms with van der Waals surface area (Å²) in [5.41, 5.74) is 0.475. The van der Waals surface area contributed by atoms with E-state index in [1.54, 1.807) is 30.0 Å². The van der Waals surface area contributed by atoms with Crippen LogP contribution in [0.4, 0.5) is 0 Å². The zero-order valence-corrected chi connectivity index (χ0v) is 14.7. The lowest BCUT2D eigenvalue weighted by atomic mass is 10.2. The number of aromatic nitrogens is 5. The van der Waals surface area contributed by atoms with Gasteiger partial charge in [0, 0.05) is 17.5 Å². The van der Waals surface area contributed by atoms with Crippen LogP contribution in [-0.2, 0) is 12.3 Å². The standard InChI is InChI=1S/C16H16ClN5OS/c1-2-22-14(9-3-4-9)20-21-16(22)24-8-13-18-12-6-5-10(17)7-11(12)15(23)19-13/h5-7,9H,2-4,8H2,1H3,(H,18,19,23). The highest BCUT2D eigenvalue weighted by molar-refractivity contribution is 7.98. The Balaban J connectivity index is 1.59. The first-order chi connectivity index (χ1) is 11.7.